The summed E-state index contributed by atoms with van der Waals surface area (Å²) in [7, 11) is 0. The molecule has 1 aliphatic heterocycles. The van der Waals surface area contributed by atoms with Gasteiger partial charge in [-0.15, -0.1) is 11.3 Å². The molecular formula is C11H18N2S. The van der Waals surface area contributed by atoms with Crippen molar-refractivity contribution in [2.75, 3.05) is 13.1 Å². The van der Waals surface area contributed by atoms with Crippen molar-refractivity contribution in [1.82, 2.24) is 10.3 Å². The smallest absolute Gasteiger partial charge is 0.0928 e. The second-order valence-corrected chi connectivity index (χ2v) is 5.23. The third kappa shape index (κ3) is 1.98. The molecule has 0 bridgehead atoms. The van der Waals surface area contributed by atoms with E-state index >= 15 is 0 Å². The third-order valence-corrected chi connectivity index (χ3v) is 3.99. The van der Waals surface area contributed by atoms with Gasteiger partial charge >= 0.3 is 0 Å². The fourth-order valence-corrected chi connectivity index (χ4v) is 3.04. The Kier molecular flexibility index (Phi) is 3.19. The molecular weight excluding hydrogens is 192 g/mol. The molecule has 0 aromatic carbocycles. The van der Waals surface area contributed by atoms with E-state index in [4.69, 9.17) is 4.98 Å². The van der Waals surface area contributed by atoms with Gasteiger partial charge in [0.2, 0.25) is 0 Å². The minimum atomic E-state index is 0.667. The molecule has 1 N–H and O–H groups in total. The van der Waals surface area contributed by atoms with Crippen LogP contribution in [0.5, 0.6) is 0 Å². The fourth-order valence-electron chi connectivity index (χ4n) is 2.08. The van der Waals surface area contributed by atoms with Crippen molar-refractivity contribution in [2.24, 2.45) is 0 Å². The number of thiazole rings is 1. The van der Waals surface area contributed by atoms with Crippen LogP contribution in [0.1, 0.15) is 41.3 Å². The number of nitrogens with zero attached hydrogens (tertiary/aromatic N) is 1. The molecule has 0 amide bonds. The van der Waals surface area contributed by atoms with Crippen LogP contribution in [-0.2, 0) is 6.42 Å². The predicted octanol–water partition coefficient (Wildman–Crippen LogP) is 2.48. The molecule has 0 saturated carbocycles. The van der Waals surface area contributed by atoms with Crippen molar-refractivity contribution >= 4 is 11.3 Å². The maximum atomic E-state index is 4.73. The van der Waals surface area contributed by atoms with Gasteiger partial charge in [0.25, 0.3) is 0 Å². The molecule has 1 fully saturated rings. The SMILES string of the molecule is CCc1nc(C2CCCNC2)c(C)s1. The number of nitrogens with one attached hydrogen (secondary N) is 1. The van der Waals surface area contributed by atoms with E-state index in [1.165, 1.54) is 35.0 Å². The van der Waals surface area contributed by atoms with Crippen molar-refractivity contribution in [3.63, 3.8) is 0 Å². The van der Waals surface area contributed by atoms with Gasteiger partial charge in [-0.05, 0) is 32.7 Å². The monoisotopic (exact) mass is 210 g/mol. The van der Waals surface area contributed by atoms with Gasteiger partial charge in [-0.3, -0.25) is 0 Å². The molecule has 1 saturated heterocycles. The first-order chi connectivity index (χ1) is 6.81. The minimum Gasteiger partial charge on any atom is -0.316 e. The normalized spacial score (nSPS) is 22.6. The molecule has 78 valence electrons. The molecule has 14 heavy (non-hydrogen) atoms. The molecule has 0 spiro atoms. The standard InChI is InChI=1S/C11H18N2S/c1-3-10-13-11(8(2)14-10)9-5-4-6-12-7-9/h9,12H,3-7H2,1-2H3. The van der Waals surface area contributed by atoms with Crippen molar-refractivity contribution in [2.45, 2.75) is 39.0 Å². The van der Waals surface area contributed by atoms with Crippen molar-refractivity contribution in [1.29, 1.82) is 0 Å². The lowest BCUT2D eigenvalue weighted by Crippen LogP contribution is -2.28. The number of piperidine rings is 1. The predicted molar refractivity (Wildman–Crippen MR) is 61.1 cm³/mol. The van der Waals surface area contributed by atoms with Gasteiger partial charge in [0.15, 0.2) is 0 Å². The summed E-state index contributed by atoms with van der Waals surface area (Å²) in [6, 6.07) is 0. The lowest BCUT2D eigenvalue weighted by Gasteiger charge is -2.21. The molecule has 1 unspecified atom stereocenters. The van der Waals surface area contributed by atoms with Gasteiger partial charge in [-0.1, -0.05) is 6.92 Å². The number of rotatable bonds is 2. The van der Waals surface area contributed by atoms with Crippen LogP contribution in [-0.4, -0.2) is 18.1 Å². The topological polar surface area (TPSA) is 24.9 Å². The second-order valence-electron chi connectivity index (χ2n) is 3.95. The molecule has 2 heterocycles. The van der Waals surface area contributed by atoms with Gasteiger partial charge in [-0.2, -0.15) is 0 Å². The van der Waals surface area contributed by atoms with Gasteiger partial charge in [-0.25, -0.2) is 4.98 Å². The number of hydrogen-bond donors (Lipinski definition) is 1. The Hall–Kier alpha value is -0.410. The Balaban J connectivity index is 2.17. The molecule has 1 aromatic rings. The maximum Gasteiger partial charge on any atom is 0.0928 e. The highest BCUT2D eigenvalue weighted by atomic mass is 32.1. The molecule has 1 aliphatic rings. The van der Waals surface area contributed by atoms with Crippen molar-refractivity contribution in [3.8, 4) is 0 Å². The molecule has 0 radical (unpaired) electrons. The van der Waals surface area contributed by atoms with E-state index in [0.717, 1.165) is 13.0 Å². The van der Waals surface area contributed by atoms with E-state index in [-0.39, 0.29) is 0 Å². The molecule has 1 aromatic heterocycles. The Morgan fingerprint density at radius 1 is 1.57 bits per heavy atom. The largest absolute Gasteiger partial charge is 0.316 e. The highest BCUT2D eigenvalue weighted by Crippen LogP contribution is 2.28. The lowest BCUT2D eigenvalue weighted by molar-refractivity contribution is 0.454. The Morgan fingerprint density at radius 3 is 3.00 bits per heavy atom. The van der Waals surface area contributed by atoms with E-state index in [1.54, 1.807) is 0 Å². The summed E-state index contributed by atoms with van der Waals surface area (Å²) in [4.78, 5) is 6.16. The van der Waals surface area contributed by atoms with E-state index in [9.17, 15) is 0 Å². The number of aromatic nitrogens is 1. The van der Waals surface area contributed by atoms with E-state index in [1.807, 2.05) is 11.3 Å². The number of hydrogen-bond acceptors (Lipinski definition) is 3. The zero-order valence-electron chi connectivity index (χ0n) is 8.97. The zero-order chi connectivity index (χ0) is 9.97. The van der Waals surface area contributed by atoms with Crippen LogP contribution in [0.25, 0.3) is 0 Å². The Bertz CT molecular complexity index is 300. The zero-order valence-corrected chi connectivity index (χ0v) is 9.78. The van der Waals surface area contributed by atoms with Crippen LogP contribution in [0.2, 0.25) is 0 Å². The Labute approximate surface area is 89.8 Å². The highest BCUT2D eigenvalue weighted by molar-refractivity contribution is 7.11. The summed E-state index contributed by atoms with van der Waals surface area (Å²) >= 11 is 1.87. The average molecular weight is 210 g/mol. The summed E-state index contributed by atoms with van der Waals surface area (Å²) in [6.45, 7) is 6.69. The van der Waals surface area contributed by atoms with E-state index in [2.05, 4.69) is 19.2 Å². The van der Waals surface area contributed by atoms with E-state index < -0.39 is 0 Å². The molecule has 2 rings (SSSR count). The maximum absolute atomic E-state index is 4.73. The van der Waals surface area contributed by atoms with Crippen molar-refractivity contribution < 1.29 is 0 Å². The first-order valence-electron chi connectivity index (χ1n) is 5.48. The summed E-state index contributed by atoms with van der Waals surface area (Å²) in [5.74, 6) is 0.667. The molecule has 1 atom stereocenters. The lowest BCUT2D eigenvalue weighted by atomic mass is 9.96. The molecule has 2 nitrogen and oxygen atoms in total. The Morgan fingerprint density at radius 2 is 2.43 bits per heavy atom. The fraction of sp³-hybridized carbons (Fsp3) is 0.727. The van der Waals surface area contributed by atoms with Crippen LogP contribution in [0.4, 0.5) is 0 Å². The summed E-state index contributed by atoms with van der Waals surface area (Å²) in [5.41, 5.74) is 1.36. The van der Waals surface area contributed by atoms with Crippen LogP contribution in [0.15, 0.2) is 0 Å². The first kappa shape index (κ1) is 10.1. The molecule has 0 aliphatic carbocycles. The summed E-state index contributed by atoms with van der Waals surface area (Å²) in [6.07, 6.45) is 3.68. The van der Waals surface area contributed by atoms with Crippen LogP contribution < -0.4 is 5.32 Å². The number of aryl methyl sites for hydroxylation is 2. The van der Waals surface area contributed by atoms with Gasteiger partial charge in [0, 0.05) is 17.3 Å². The first-order valence-corrected chi connectivity index (χ1v) is 6.29. The van der Waals surface area contributed by atoms with Crippen LogP contribution in [0, 0.1) is 6.92 Å². The van der Waals surface area contributed by atoms with Crippen LogP contribution >= 0.6 is 11.3 Å². The van der Waals surface area contributed by atoms with Crippen molar-refractivity contribution in [3.05, 3.63) is 15.6 Å². The van der Waals surface area contributed by atoms with Gasteiger partial charge in [0.1, 0.15) is 0 Å². The highest BCUT2D eigenvalue weighted by Gasteiger charge is 2.20. The van der Waals surface area contributed by atoms with Gasteiger partial charge < -0.3 is 5.32 Å². The second kappa shape index (κ2) is 4.41. The van der Waals surface area contributed by atoms with Crippen LogP contribution in [0.3, 0.4) is 0 Å². The average Bonchev–Trinajstić information content (AvgIpc) is 2.61. The summed E-state index contributed by atoms with van der Waals surface area (Å²) < 4.78 is 0. The quantitative estimate of drug-likeness (QED) is 0.811. The van der Waals surface area contributed by atoms with Gasteiger partial charge in [0.05, 0.1) is 10.7 Å². The third-order valence-electron chi connectivity index (χ3n) is 2.86. The van der Waals surface area contributed by atoms with E-state index in [0.29, 0.717) is 5.92 Å². The minimum absolute atomic E-state index is 0.667. The molecule has 3 heteroatoms. The summed E-state index contributed by atoms with van der Waals surface area (Å²) in [5, 5.41) is 4.75.